The number of nitrogens with zero attached hydrogens (tertiary/aromatic N) is 1. The Hall–Kier alpha value is -1.28. The van der Waals surface area contributed by atoms with E-state index in [4.69, 9.17) is 15.3 Å². The Morgan fingerprint density at radius 3 is 2.56 bits per heavy atom. The van der Waals surface area contributed by atoms with Crippen LogP contribution in [0.3, 0.4) is 0 Å². The Balaban J connectivity index is 2.59. The van der Waals surface area contributed by atoms with Crippen molar-refractivity contribution in [2.24, 2.45) is 5.92 Å². The maximum atomic E-state index is 11.6. The number of aliphatic carboxylic acids is 2. The second-order valence-electron chi connectivity index (χ2n) is 4.06. The monoisotopic (exact) mass is 277 g/mol. The lowest BCUT2D eigenvalue weighted by Gasteiger charge is -2.24. The lowest BCUT2D eigenvalue weighted by atomic mass is 10.1. The molecule has 3 N–H and O–H groups in total. The van der Waals surface area contributed by atoms with Crippen LogP contribution in [0.25, 0.3) is 0 Å². The molecule has 0 saturated carbocycles. The minimum absolute atomic E-state index is 0.0333. The largest absolute Gasteiger partial charge is 0.481 e. The van der Waals surface area contributed by atoms with Crippen molar-refractivity contribution >= 4 is 29.6 Å². The average Bonchev–Trinajstić information content (AvgIpc) is 2.65. The minimum Gasteiger partial charge on any atom is -0.481 e. The molecule has 8 heteroatoms. The van der Waals surface area contributed by atoms with Crippen LogP contribution in [0.4, 0.5) is 0 Å². The van der Waals surface area contributed by atoms with Gasteiger partial charge in [0.15, 0.2) is 0 Å². The predicted octanol–water partition coefficient (Wildman–Crippen LogP) is -0.902. The van der Waals surface area contributed by atoms with Gasteiger partial charge in [0, 0.05) is 31.2 Å². The first kappa shape index (κ1) is 14.8. The summed E-state index contributed by atoms with van der Waals surface area (Å²) in [6.45, 7) is 0.0524. The average molecular weight is 277 g/mol. The minimum atomic E-state index is -1.15. The van der Waals surface area contributed by atoms with Gasteiger partial charge in [0.1, 0.15) is 6.04 Å². The zero-order chi connectivity index (χ0) is 13.7. The normalized spacial score (nSPS) is 21.1. The molecule has 1 heterocycles. The number of amides is 1. The summed E-state index contributed by atoms with van der Waals surface area (Å²) in [5.41, 5.74) is 0. The predicted molar refractivity (Wildman–Crippen MR) is 63.3 cm³/mol. The molecule has 18 heavy (non-hydrogen) atoms. The number of thioether (sulfide) groups is 1. The van der Waals surface area contributed by atoms with E-state index in [0.29, 0.717) is 0 Å². The number of aliphatic hydroxyl groups is 1. The fourth-order valence-electron chi connectivity index (χ4n) is 1.78. The summed E-state index contributed by atoms with van der Waals surface area (Å²) in [5.74, 6) is -2.88. The molecule has 0 aromatic heterocycles. The van der Waals surface area contributed by atoms with Crippen LogP contribution in [-0.2, 0) is 14.4 Å². The first-order valence-corrected chi connectivity index (χ1v) is 6.53. The highest BCUT2D eigenvalue weighted by atomic mass is 32.2. The quantitative estimate of drug-likeness (QED) is 0.552. The lowest BCUT2D eigenvalue weighted by Crippen LogP contribution is -2.44. The van der Waals surface area contributed by atoms with Crippen molar-refractivity contribution in [1.82, 2.24) is 4.90 Å². The Bertz CT molecular complexity index is 347. The number of aliphatic hydroxyl groups excluding tert-OH is 1. The van der Waals surface area contributed by atoms with E-state index >= 15 is 0 Å². The SMILES string of the molecule is O=C(O)CSC[C@@H](C(=O)O)N1CC(CO)CC1=O. The van der Waals surface area contributed by atoms with Crippen LogP contribution < -0.4 is 0 Å². The van der Waals surface area contributed by atoms with E-state index in [1.807, 2.05) is 0 Å². The van der Waals surface area contributed by atoms with E-state index in [0.717, 1.165) is 11.8 Å². The van der Waals surface area contributed by atoms with Gasteiger partial charge >= 0.3 is 11.9 Å². The number of carbonyl (C=O) groups excluding carboxylic acids is 1. The molecule has 1 amide bonds. The smallest absolute Gasteiger partial charge is 0.327 e. The van der Waals surface area contributed by atoms with E-state index in [2.05, 4.69) is 0 Å². The van der Waals surface area contributed by atoms with E-state index in [1.165, 1.54) is 4.90 Å². The molecule has 1 unspecified atom stereocenters. The van der Waals surface area contributed by atoms with Crippen LogP contribution in [0.15, 0.2) is 0 Å². The fraction of sp³-hybridized carbons (Fsp3) is 0.700. The Kier molecular flexibility index (Phi) is 5.42. The van der Waals surface area contributed by atoms with Crippen molar-refractivity contribution in [3.8, 4) is 0 Å². The first-order valence-electron chi connectivity index (χ1n) is 5.38. The molecule has 0 aromatic rings. The van der Waals surface area contributed by atoms with Crippen molar-refractivity contribution in [1.29, 1.82) is 0 Å². The van der Waals surface area contributed by atoms with Gasteiger partial charge in [-0.2, -0.15) is 0 Å². The van der Waals surface area contributed by atoms with Gasteiger partial charge in [0.2, 0.25) is 5.91 Å². The third kappa shape index (κ3) is 3.88. The lowest BCUT2D eigenvalue weighted by molar-refractivity contribution is -0.147. The number of likely N-dealkylation sites (tertiary alicyclic amines) is 1. The van der Waals surface area contributed by atoms with Gasteiger partial charge in [0.25, 0.3) is 0 Å². The molecule has 7 nitrogen and oxygen atoms in total. The number of hydrogen-bond acceptors (Lipinski definition) is 5. The summed E-state index contributed by atoms with van der Waals surface area (Å²) in [6.07, 6.45) is 0.143. The Labute approximate surface area is 108 Å². The van der Waals surface area contributed by atoms with Crippen molar-refractivity contribution < 1.29 is 29.7 Å². The molecule has 2 atom stereocenters. The van der Waals surface area contributed by atoms with Gasteiger partial charge in [-0.05, 0) is 0 Å². The van der Waals surface area contributed by atoms with E-state index in [-0.39, 0.29) is 42.9 Å². The highest BCUT2D eigenvalue weighted by Gasteiger charge is 2.37. The first-order chi connectivity index (χ1) is 8.45. The van der Waals surface area contributed by atoms with Crippen molar-refractivity contribution in [2.45, 2.75) is 12.5 Å². The summed E-state index contributed by atoms with van der Waals surface area (Å²) >= 11 is 0.959. The molecule has 1 aliphatic rings. The van der Waals surface area contributed by atoms with Crippen molar-refractivity contribution in [3.63, 3.8) is 0 Å². The highest BCUT2D eigenvalue weighted by molar-refractivity contribution is 8.00. The molecule has 0 spiro atoms. The van der Waals surface area contributed by atoms with Gasteiger partial charge in [-0.3, -0.25) is 9.59 Å². The van der Waals surface area contributed by atoms with Crippen LogP contribution >= 0.6 is 11.8 Å². The third-order valence-corrected chi connectivity index (χ3v) is 3.66. The van der Waals surface area contributed by atoms with Gasteiger partial charge < -0.3 is 20.2 Å². The molecular weight excluding hydrogens is 262 g/mol. The number of hydrogen-bond donors (Lipinski definition) is 3. The molecule has 1 fully saturated rings. The van der Waals surface area contributed by atoms with E-state index < -0.39 is 18.0 Å². The van der Waals surface area contributed by atoms with Gasteiger partial charge in [-0.25, -0.2) is 4.79 Å². The molecule has 1 aliphatic heterocycles. The number of carboxylic acids is 2. The number of carboxylic acid groups (broad SMARTS) is 2. The van der Waals surface area contributed by atoms with Gasteiger partial charge in [0.05, 0.1) is 5.75 Å². The number of carbonyl (C=O) groups is 3. The topological polar surface area (TPSA) is 115 Å². The molecule has 102 valence electrons. The summed E-state index contributed by atoms with van der Waals surface area (Å²) < 4.78 is 0. The molecule has 0 aromatic carbocycles. The molecule has 1 rings (SSSR count). The van der Waals surface area contributed by atoms with E-state index in [1.54, 1.807) is 0 Å². The van der Waals surface area contributed by atoms with Crippen molar-refractivity contribution in [2.75, 3.05) is 24.7 Å². The molecule has 1 saturated heterocycles. The molecular formula is C10H15NO6S. The second kappa shape index (κ2) is 6.60. The summed E-state index contributed by atoms with van der Waals surface area (Å²) in [4.78, 5) is 34.3. The zero-order valence-corrected chi connectivity index (χ0v) is 10.4. The number of rotatable bonds is 7. The van der Waals surface area contributed by atoms with Crippen LogP contribution in [0.5, 0.6) is 0 Å². The second-order valence-corrected chi connectivity index (χ2v) is 5.09. The van der Waals surface area contributed by atoms with Gasteiger partial charge in [-0.1, -0.05) is 0 Å². The van der Waals surface area contributed by atoms with Crippen LogP contribution in [0.1, 0.15) is 6.42 Å². The van der Waals surface area contributed by atoms with Crippen LogP contribution in [0, 0.1) is 5.92 Å². The summed E-state index contributed by atoms with van der Waals surface area (Å²) in [5, 5.41) is 26.5. The summed E-state index contributed by atoms with van der Waals surface area (Å²) in [7, 11) is 0. The van der Waals surface area contributed by atoms with E-state index in [9.17, 15) is 14.4 Å². The highest BCUT2D eigenvalue weighted by Crippen LogP contribution is 2.21. The van der Waals surface area contributed by atoms with Crippen molar-refractivity contribution in [3.05, 3.63) is 0 Å². The van der Waals surface area contributed by atoms with Gasteiger partial charge in [-0.15, -0.1) is 11.8 Å². The third-order valence-electron chi connectivity index (χ3n) is 2.66. The molecule has 0 radical (unpaired) electrons. The van der Waals surface area contributed by atoms with Crippen LogP contribution in [0.2, 0.25) is 0 Å². The fourth-order valence-corrected chi connectivity index (χ4v) is 2.62. The standard InChI is InChI=1S/C10H15NO6S/c12-3-6-1-8(13)11(2-6)7(10(16)17)4-18-5-9(14)15/h6-7,12H,1-5H2,(H,14,15)(H,16,17)/t6?,7-/m0/s1. The Morgan fingerprint density at radius 2 is 2.11 bits per heavy atom. The molecule has 0 aliphatic carbocycles. The Morgan fingerprint density at radius 1 is 1.44 bits per heavy atom. The summed E-state index contributed by atoms with van der Waals surface area (Å²) in [6, 6.07) is -1.03. The zero-order valence-electron chi connectivity index (χ0n) is 9.61. The van der Waals surface area contributed by atoms with Crippen LogP contribution in [-0.4, -0.2) is 68.8 Å². The molecule has 0 bridgehead atoms. The maximum absolute atomic E-state index is 11.6. The maximum Gasteiger partial charge on any atom is 0.327 e.